The normalized spacial score (nSPS) is 10.3. The van der Waals surface area contributed by atoms with Gasteiger partial charge in [0.2, 0.25) is 0 Å². The third-order valence-corrected chi connectivity index (χ3v) is 3.02. The predicted octanol–water partition coefficient (Wildman–Crippen LogP) is 3.79. The summed E-state index contributed by atoms with van der Waals surface area (Å²) in [5.41, 5.74) is 2.20. The van der Waals surface area contributed by atoms with Gasteiger partial charge in [0.05, 0.1) is 10.7 Å². The van der Waals surface area contributed by atoms with Gasteiger partial charge in [-0.05, 0) is 37.6 Å². The molecule has 2 rings (SSSR count). The minimum atomic E-state index is -1.01. The van der Waals surface area contributed by atoms with Crippen LogP contribution in [0.5, 0.6) is 0 Å². The van der Waals surface area contributed by atoms with Crippen molar-refractivity contribution >= 4 is 29.1 Å². The number of halogens is 1. The molecule has 2 aromatic rings. The Labute approximate surface area is 116 Å². The van der Waals surface area contributed by atoms with Crippen LogP contribution in [0.4, 0.5) is 11.5 Å². The van der Waals surface area contributed by atoms with E-state index in [2.05, 4.69) is 10.3 Å². The highest BCUT2D eigenvalue weighted by molar-refractivity contribution is 6.33. The number of carbonyl (C=O) groups is 1. The number of para-hydroxylation sites is 1. The lowest BCUT2D eigenvalue weighted by Gasteiger charge is -2.12. The van der Waals surface area contributed by atoms with E-state index in [0.717, 1.165) is 5.69 Å². The maximum atomic E-state index is 11.3. The highest BCUT2D eigenvalue weighted by Gasteiger charge is 2.16. The topological polar surface area (TPSA) is 62.2 Å². The Bertz CT molecular complexity index is 641. The number of hydrogen-bond donors (Lipinski definition) is 2. The fourth-order valence-electron chi connectivity index (χ4n) is 1.89. The quantitative estimate of drug-likeness (QED) is 0.895. The highest BCUT2D eigenvalue weighted by atomic mass is 35.5. The number of aromatic carboxylic acids is 1. The molecule has 0 atom stereocenters. The van der Waals surface area contributed by atoms with Gasteiger partial charge in [-0.15, -0.1) is 0 Å². The monoisotopic (exact) mass is 276 g/mol. The van der Waals surface area contributed by atoms with Crippen molar-refractivity contribution in [3.8, 4) is 0 Å². The molecule has 2 N–H and O–H groups in total. The molecule has 4 nitrogen and oxygen atoms in total. The van der Waals surface area contributed by atoms with E-state index in [9.17, 15) is 9.90 Å². The largest absolute Gasteiger partial charge is 0.478 e. The molecule has 0 aliphatic carbocycles. The smallest absolute Gasteiger partial charge is 0.339 e. The van der Waals surface area contributed by atoms with Crippen molar-refractivity contribution < 1.29 is 9.90 Å². The van der Waals surface area contributed by atoms with Crippen molar-refractivity contribution in [3.63, 3.8) is 0 Å². The molecule has 0 bridgehead atoms. The van der Waals surface area contributed by atoms with Gasteiger partial charge in [0, 0.05) is 5.69 Å². The van der Waals surface area contributed by atoms with Crippen LogP contribution >= 0.6 is 11.6 Å². The molecule has 0 aliphatic heterocycles. The highest BCUT2D eigenvalue weighted by Crippen LogP contribution is 2.27. The van der Waals surface area contributed by atoms with E-state index >= 15 is 0 Å². The molecule has 0 saturated carbocycles. The number of rotatable bonds is 3. The van der Waals surface area contributed by atoms with Crippen LogP contribution in [0, 0.1) is 13.8 Å². The average molecular weight is 277 g/mol. The second-order valence-electron chi connectivity index (χ2n) is 4.21. The number of carboxylic acid groups (broad SMARTS) is 1. The van der Waals surface area contributed by atoms with Crippen LogP contribution in [0.2, 0.25) is 5.02 Å². The Balaban J connectivity index is 2.51. The van der Waals surface area contributed by atoms with E-state index in [4.69, 9.17) is 11.6 Å². The Kier molecular flexibility index (Phi) is 3.71. The van der Waals surface area contributed by atoms with Crippen molar-refractivity contribution in [2.24, 2.45) is 0 Å². The van der Waals surface area contributed by atoms with Gasteiger partial charge in [-0.2, -0.15) is 0 Å². The lowest BCUT2D eigenvalue weighted by atomic mass is 10.1. The fourth-order valence-corrected chi connectivity index (χ4v) is 2.07. The van der Waals surface area contributed by atoms with Gasteiger partial charge >= 0.3 is 5.97 Å². The maximum absolute atomic E-state index is 11.3. The van der Waals surface area contributed by atoms with Crippen molar-refractivity contribution in [2.75, 3.05) is 5.32 Å². The number of pyridine rings is 1. The van der Waals surface area contributed by atoms with Gasteiger partial charge in [-0.25, -0.2) is 9.78 Å². The van der Waals surface area contributed by atoms with Gasteiger partial charge in [0.25, 0.3) is 0 Å². The minimum absolute atomic E-state index is 0.158. The third-order valence-electron chi connectivity index (χ3n) is 2.69. The van der Waals surface area contributed by atoms with Gasteiger partial charge in [-0.3, -0.25) is 0 Å². The second kappa shape index (κ2) is 5.28. The molecule has 0 unspecified atom stereocenters. The Morgan fingerprint density at radius 3 is 2.63 bits per heavy atom. The minimum Gasteiger partial charge on any atom is -0.478 e. The SMILES string of the molecule is Cc1cc(C)c(C(=O)O)c(Nc2ccccc2Cl)n1. The van der Waals surface area contributed by atoms with Crippen LogP contribution in [0.15, 0.2) is 30.3 Å². The summed E-state index contributed by atoms with van der Waals surface area (Å²) in [5, 5.41) is 12.8. The molecule has 1 aromatic heterocycles. The second-order valence-corrected chi connectivity index (χ2v) is 4.62. The van der Waals surface area contributed by atoms with Crippen LogP contribution in [0.25, 0.3) is 0 Å². The van der Waals surface area contributed by atoms with Gasteiger partial charge in [0.15, 0.2) is 0 Å². The number of benzene rings is 1. The van der Waals surface area contributed by atoms with E-state index < -0.39 is 5.97 Å². The van der Waals surface area contributed by atoms with Gasteiger partial charge < -0.3 is 10.4 Å². The average Bonchev–Trinajstić information content (AvgIpc) is 2.30. The van der Waals surface area contributed by atoms with Gasteiger partial charge in [0.1, 0.15) is 11.4 Å². The number of hydrogen-bond acceptors (Lipinski definition) is 3. The molecule has 0 amide bonds. The number of nitrogens with zero attached hydrogens (tertiary/aromatic N) is 1. The number of nitrogens with one attached hydrogen (secondary N) is 1. The Hall–Kier alpha value is -2.07. The first-order chi connectivity index (χ1) is 8.99. The Morgan fingerprint density at radius 1 is 1.32 bits per heavy atom. The van der Waals surface area contributed by atoms with Crippen LogP contribution in [0.1, 0.15) is 21.6 Å². The van der Waals surface area contributed by atoms with Crippen molar-refractivity contribution in [2.45, 2.75) is 13.8 Å². The third kappa shape index (κ3) is 2.85. The lowest BCUT2D eigenvalue weighted by Crippen LogP contribution is -2.08. The summed E-state index contributed by atoms with van der Waals surface area (Å²) < 4.78 is 0. The van der Waals surface area contributed by atoms with Crippen LogP contribution in [-0.2, 0) is 0 Å². The first-order valence-electron chi connectivity index (χ1n) is 5.72. The van der Waals surface area contributed by atoms with Crippen molar-refractivity contribution in [1.29, 1.82) is 0 Å². The number of anilines is 2. The van der Waals surface area contributed by atoms with E-state index in [1.54, 1.807) is 31.2 Å². The Morgan fingerprint density at radius 2 is 2.00 bits per heavy atom. The fraction of sp³-hybridized carbons (Fsp3) is 0.143. The molecular formula is C14H13ClN2O2. The molecule has 0 spiro atoms. The molecule has 0 radical (unpaired) electrons. The zero-order valence-electron chi connectivity index (χ0n) is 10.6. The van der Waals surface area contributed by atoms with E-state index in [1.165, 1.54) is 0 Å². The predicted molar refractivity (Wildman–Crippen MR) is 75.4 cm³/mol. The summed E-state index contributed by atoms with van der Waals surface area (Å²) >= 11 is 6.05. The molecule has 19 heavy (non-hydrogen) atoms. The van der Waals surface area contributed by atoms with Crippen LogP contribution in [0.3, 0.4) is 0 Å². The molecule has 0 saturated heterocycles. The molecule has 0 fully saturated rings. The number of aryl methyl sites for hydroxylation is 2. The van der Waals surface area contributed by atoms with Gasteiger partial charge in [-0.1, -0.05) is 23.7 Å². The standard InChI is InChI=1S/C14H13ClN2O2/c1-8-7-9(2)16-13(12(8)14(18)19)17-11-6-4-3-5-10(11)15/h3-7H,1-2H3,(H,16,17)(H,18,19). The van der Waals surface area contributed by atoms with Crippen molar-refractivity contribution in [3.05, 3.63) is 52.2 Å². The van der Waals surface area contributed by atoms with E-state index in [0.29, 0.717) is 22.1 Å². The zero-order chi connectivity index (χ0) is 14.0. The van der Waals surface area contributed by atoms with E-state index in [-0.39, 0.29) is 5.56 Å². The lowest BCUT2D eigenvalue weighted by molar-refractivity contribution is 0.0697. The molecular weight excluding hydrogens is 264 g/mol. The first-order valence-corrected chi connectivity index (χ1v) is 6.10. The number of aromatic nitrogens is 1. The summed E-state index contributed by atoms with van der Waals surface area (Å²) in [6.07, 6.45) is 0. The summed E-state index contributed by atoms with van der Waals surface area (Å²) in [4.78, 5) is 15.6. The zero-order valence-corrected chi connectivity index (χ0v) is 11.3. The summed E-state index contributed by atoms with van der Waals surface area (Å²) in [6, 6.07) is 8.86. The van der Waals surface area contributed by atoms with Crippen LogP contribution < -0.4 is 5.32 Å². The van der Waals surface area contributed by atoms with Crippen LogP contribution in [-0.4, -0.2) is 16.1 Å². The summed E-state index contributed by atoms with van der Waals surface area (Å²) in [6.45, 7) is 3.56. The molecule has 0 aliphatic rings. The molecule has 1 aromatic carbocycles. The maximum Gasteiger partial charge on any atom is 0.339 e. The summed E-state index contributed by atoms with van der Waals surface area (Å²) in [5.74, 6) is -0.711. The molecule has 1 heterocycles. The van der Waals surface area contributed by atoms with E-state index in [1.807, 2.05) is 13.0 Å². The first kappa shape index (κ1) is 13.4. The van der Waals surface area contributed by atoms with Crippen molar-refractivity contribution in [1.82, 2.24) is 4.98 Å². The number of carboxylic acids is 1. The molecule has 5 heteroatoms. The summed E-state index contributed by atoms with van der Waals surface area (Å²) in [7, 11) is 0. The molecule has 98 valence electrons.